The number of alkyl halides is 3. The van der Waals surface area contributed by atoms with Gasteiger partial charge in [-0.1, -0.05) is 24.6 Å². The second-order valence-corrected chi connectivity index (χ2v) is 14.2. The smallest absolute Gasteiger partial charge is 0.416 e. The molecule has 1 aliphatic heterocycles. The number of alkyl carbamates (subject to hydrolysis) is 1. The molecule has 234 valence electrons. The van der Waals surface area contributed by atoms with Crippen molar-refractivity contribution in [2.75, 3.05) is 18.8 Å². The highest BCUT2D eigenvalue weighted by Gasteiger charge is 2.35. The maximum absolute atomic E-state index is 14.3. The predicted molar refractivity (Wildman–Crippen MR) is 157 cm³/mol. The fraction of sp³-hybridized carbons (Fsp3) is 0.500. The van der Waals surface area contributed by atoms with Crippen LogP contribution in [0.2, 0.25) is 0 Å². The number of amides is 1. The van der Waals surface area contributed by atoms with Gasteiger partial charge in [0.25, 0.3) is 5.56 Å². The molecular weight excluding hydrogens is 585 g/mol. The van der Waals surface area contributed by atoms with Crippen molar-refractivity contribution in [1.82, 2.24) is 19.8 Å². The van der Waals surface area contributed by atoms with Gasteiger partial charge >= 0.3 is 12.3 Å². The number of hydrogen-bond acceptors (Lipinski definition) is 7. The molecule has 1 aromatic heterocycles. The summed E-state index contributed by atoms with van der Waals surface area (Å²) in [5.41, 5.74) is -1.11. The van der Waals surface area contributed by atoms with Crippen LogP contribution in [0.4, 0.5) is 18.0 Å². The van der Waals surface area contributed by atoms with E-state index in [1.165, 1.54) is 25.4 Å². The first-order valence-corrected chi connectivity index (χ1v) is 15.8. The summed E-state index contributed by atoms with van der Waals surface area (Å²) in [4.78, 5) is 31.8. The van der Waals surface area contributed by atoms with E-state index in [1.54, 1.807) is 39.8 Å². The normalized spacial score (nSPS) is 16.8. The summed E-state index contributed by atoms with van der Waals surface area (Å²) >= 11 is 0. The van der Waals surface area contributed by atoms with E-state index in [-0.39, 0.29) is 46.2 Å². The van der Waals surface area contributed by atoms with Crippen LogP contribution in [-0.2, 0) is 33.8 Å². The molecule has 1 fully saturated rings. The van der Waals surface area contributed by atoms with Gasteiger partial charge in [-0.05, 0) is 76.4 Å². The molecule has 4 rings (SSSR count). The van der Waals surface area contributed by atoms with Crippen molar-refractivity contribution in [3.05, 3.63) is 69.3 Å². The third-order valence-electron chi connectivity index (χ3n) is 7.25. The Morgan fingerprint density at radius 2 is 1.84 bits per heavy atom. The minimum Gasteiger partial charge on any atom is -0.444 e. The van der Waals surface area contributed by atoms with Crippen molar-refractivity contribution >= 4 is 26.8 Å². The Balaban J connectivity index is 1.65. The van der Waals surface area contributed by atoms with Gasteiger partial charge in [0, 0.05) is 19.1 Å². The Labute approximate surface area is 249 Å². The van der Waals surface area contributed by atoms with Crippen molar-refractivity contribution in [1.29, 1.82) is 0 Å². The van der Waals surface area contributed by atoms with Crippen LogP contribution in [0.3, 0.4) is 0 Å². The molecule has 1 amide bonds. The number of aryl methyl sites for hydroxylation is 1. The summed E-state index contributed by atoms with van der Waals surface area (Å²) < 4.78 is 74.6. The fourth-order valence-corrected chi connectivity index (χ4v) is 6.37. The number of hydrogen-bond donors (Lipinski definition) is 1. The summed E-state index contributed by atoms with van der Waals surface area (Å²) in [5.74, 6) is -0.138. The minimum atomic E-state index is -4.74. The topological polar surface area (TPSA) is 111 Å². The van der Waals surface area contributed by atoms with Crippen LogP contribution in [0.1, 0.15) is 62.8 Å². The average molecular weight is 623 g/mol. The average Bonchev–Trinajstić information content (AvgIpc) is 2.88. The highest BCUT2D eigenvalue weighted by molar-refractivity contribution is 7.91. The number of carbonyl (C=O) groups excluding carboxylic acids is 1. The number of piperidine rings is 1. The number of carbonyl (C=O) groups is 1. The molecule has 0 aliphatic carbocycles. The number of rotatable bonds is 7. The van der Waals surface area contributed by atoms with E-state index in [2.05, 4.69) is 10.3 Å². The molecule has 0 bridgehead atoms. The zero-order chi connectivity index (χ0) is 31.7. The Morgan fingerprint density at radius 3 is 2.49 bits per heavy atom. The van der Waals surface area contributed by atoms with Gasteiger partial charge in [-0.3, -0.25) is 14.3 Å². The number of ether oxygens (including phenoxy) is 1. The third kappa shape index (κ3) is 7.94. The zero-order valence-corrected chi connectivity index (χ0v) is 25.7. The Kier molecular flexibility index (Phi) is 9.27. The van der Waals surface area contributed by atoms with E-state index in [4.69, 9.17) is 4.74 Å². The largest absolute Gasteiger partial charge is 0.444 e. The summed E-state index contributed by atoms with van der Waals surface area (Å²) in [6.07, 6.45) is -2.74. The van der Waals surface area contributed by atoms with Gasteiger partial charge in [0.2, 0.25) is 0 Å². The highest BCUT2D eigenvalue weighted by Crippen LogP contribution is 2.35. The van der Waals surface area contributed by atoms with Crippen LogP contribution in [0.25, 0.3) is 10.9 Å². The number of benzene rings is 2. The molecular formula is C30H37F3N4O5S. The SMILES string of the molecule is CCS(=O)(=O)c1ccc(C)cc1Cn1cnc2cc(CN3CCCC(NC(=O)OC(C)(C)C)C3)c(C(F)(F)F)cc2c1=O. The Morgan fingerprint density at radius 1 is 1.12 bits per heavy atom. The third-order valence-corrected chi connectivity index (χ3v) is 9.07. The van der Waals surface area contributed by atoms with Crippen LogP contribution >= 0.6 is 0 Å². The van der Waals surface area contributed by atoms with Gasteiger partial charge in [0.15, 0.2) is 9.84 Å². The molecule has 0 radical (unpaired) electrons. The van der Waals surface area contributed by atoms with Crippen LogP contribution in [0.5, 0.6) is 0 Å². The molecule has 43 heavy (non-hydrogen) atoms. The lowest BCUT2D eigenvalue weighted by molar-refractivity contribution is -0.138. The lowest BCUT2D eigenvalue weighted by Crippen LogP contribution is -2.48. The van der Waals surface area contributed by atoms with Crippen molar-refractivity contribution in [2.45, 2.75) is 83.3 Å². The van der Waals surface area contributed by atoms with Crippen molar-refractivity contribution in [3.8, 4) is 0 Å². The lowest BCUT2D eigenvalue weighted by atomic mass is 10.0. The van der Waals surface area contributed by atoms with E-state index in [0.29, 0.717) is 31.5 Å². The number of halogens is 3. The molecule has 1 saturated heterocycles. The van der Waals surface area contributed by atoms with E-state index in [1.807, 2.05) is 4.90 Å². The van der Waals surface area contributed by atoms with Crippen molar-refractivity contribution < 1.29 is 31.1 Å². The molecule has 2 aromatic carbocycles. The minimum absolute atomic E-state index is 0.0300. The molecule has 13 heteroatoms. The number of nitrogens with one attached hydrogen (secondary N) is 1. The molecule has 9 nitrogen and oxygen atoms in total. The Hall–Kier alpha value is -3.45. The maximum Gasteiger partial charge on any atom is 0.416 e. The highest BCUT2D eigenvalue weighted by atomic mass is 32.2. The second kappa shape index (κ2) is 12.3. The maximum atomic E-state index is 14.3. The monoisotopic (exact) mass is 622 g/mol. The molecule has 1 atom stereocenters. The zero-order valence-electron chi connectivity index (χ0n) is 24.9. The van der Waals surface area contributed by atoms with Crippen molar-refractivity contribution in [2.24, 2.45) is 0 Å². The quantitative estimate of drug-likeness (QED) is 0.393. The first-order chi connectivity index (χ1) is 20.0. The fourth-order valence-electron chi connectivity index (χ4n) is 5.26. The first-order valence-electron chi connectivity index (χ1n) is 14.1. The summed E-state index contributed by atoms with van der Waals surface area (Å²) in [7, 11) is -3.61. The van der Waals surface area contributed by atoms with Crippen LogP contribution in [0, 0.1) is 6.92 Å². The van der Waals surface area contributed by atoms with E-state index in [9.17, 15) is 31.2 Å². The van der Waals surface area contributed by atoms with Gasteiger partial charge in [-0.25, -0.2) is 18.2 Å². The number of aromatic nitrogens is 2. The van der Waals surface area contributed by atoms with Gasteiger partial charge in [-0.2, -0.15) is 13.2 Å². The van der Waals surface area contributed by atoms with E-state index >= 15 is 0 Å². The van der Waals surface area contributed by atoms with Crippen LogP contribution in [0.15, 0.2) is 46.3 Å². The summed E-state index contributed by atoms with van der Waals surface area (Å²) in [5, 5.41) is 2.59. The van der Waals surface area contributed by atoms with Gasteiger partial charge in [0.1, 0.15) is 5.60 Å². The molecule has 0 spiro atoms. The Bertz CT molecular complexity index is 1680. The molecule has 1 N–H and O–H groups in total. The van der Waals surface area contributed by atoms with Gasteiger partial charge in [-0.15, -0.1) is 0 Å². The summed E-state index contributed by atoms with van der Waals surface area (Å²) in [6, 6.07) is 6.61. The molecule has 3 aromatic rings. The van der Waals surface area contributed by atoms with Crippen LogP contribution in [-0.4, -0.2) is 59.4 Å². The molecule has 2 heterocycles. The van der Waals surface area contributed by atoms with Gasteiger partial charge < -0.3 is 10.1 Å². The van der Waals surface area contributed by atoms with Crippen LogP contribution < -0.4 is 10.9 Å². The number of likely N-dealkylation sites (tertiary alicyclic amines) is 1. The van der Waals surface area contributed by atoms with E-state index in [0.717, 1.165) is 16.2 Å². The molecule has 0 saturated carbocycles. The standard InChI is InChI=1S/C30H37F3N4O5S/c1-6-43(40,41)26-10-9-19(2)12-21(26)16-37-18-34-25-13-20(24(30(31,32)33)14-23(25)27(37)38)15-36-11-7-8-22(17-36)35-28(39)42-29(3,4)5/h9-10,12-14,18,22H,6-8,11,15-17H2,1-5H3,(H,35,39). The molecule has 1 aliphatic rings. The second-order valence-electron chi connectivity index (χ2n) is 11.9. The summed E-state index contributed by atoms with van der Waals surface area (Å²) in [6.45, 7) is 9.19. The van der Waals surface area contributed by atoms with E-state index < -0.39 is 38.8 Å². The number of sulfone groups is 1. The predicted octanol–water partition coefficient (Wildman–Crippen LogP) is 5.05. The van der Waals surface area contributed by atoms with Crippen molar-refractivity contribution in [3.63, 3.8) is 0 Å². The molecule has 1 unspecified atom stereocenters. The first kappa shape index (κ1) is 32.5. The van der Waals surface area contributed by atoms with Gasteiger partial charge in [0.05, 0.1) is 40.0 Å². The lowest BCUT2D eigenvalue weighted by Gasteiger charge is -2.34. The number of nitrogens with zero attached hydrogens (tertiary/aromatic N) is 3. The number of fused-ring (bicyclic) bond motifs is 1.